The van der Waals surface area contributed by atoms with Crippen LogP contribution in [0.3, 0.4) is 0 Å². The van der Waals surface area contributed by atoms with Gasteiger partial charge in [-0.25, -0.2) is 0 Å². The summed E-state index contributed by atoms with van der Waals surface area (Å²) in [6.07, 6.45) is 7.97. The molecular weight excluding hydrogens is 250 g/mol. The first kappa shape index (κ1) is 11.9. The monoisotopic (exact) mass is 265 g/mol. The van der Waals surface area contributed by atoms with Gasteiger partial charge in [-0.05, 0) is 37.0 Å². The van der Waals surface area contributed by atoms with Gasteiger partial charge in [-0.3, -0.25) is 0 Å². The predicted molar refractivity (Wildman–Crippen MR) is 71.2 cm³/mol. The number of hydrogen-bond donors (Lipinski definition) is 1. The molecule has 0 bridgehead atoms. The standard InChI is InChI=1S/C14H16ClNO2/c15-12-6-10(7-13-14(12)18-9-17-13)8-16-11-4-2-1-3-5-11/h1-2,6-7,11,16H,3-5,8-9H2. The van der Waals surface area contributed by atoms with Crippen molar-refractivity contribution in [2.75, 3.05) is 6.79 Å². The van der Waals surface area contributed by atoms with E-state index in [-0.39, 0.29) is 6.79 Å². The molecule has 1 atom stereocenters. The van der Waals surface area contributed by atoms with Crippen LogP contribution in [0.2, 0.25) is 5.02 Å². The van der Waals surface area contributed by atoms with Crippen LogP contribution in [-0.2, 0) is 6.54 Å². The number of hydrogen-bond acceptors (Lipinski definition) is 3. The lowest BCUT2D eigenvalue weighted by Gasteiger charge is -2.19. The molecule has 1 aliphatic heterocycles. The fourth-order valence-corrected chi connectivity index (χ4v) is 2.65. The second-order valence-electron chi connectivity index (χ2n) is 4.67. The smallest absolute Gasteiger partial charge is 0.231 e. The second kappa shape index (κ2) is 5.21. The first-order chi connectivity index (χ1) is 8.83. The van der Waals surface area contributed by atoms with Crippen LogP contribution in [0.1, 0.15) is 24.8 Å². The quantitative estimate of drug-likeness (QED) is 0.851. The number of allylic oxidation sites excluding steroid dienone is 1. The molecule has 2 aliphatic rings. The van der Waals surface area contributed by atoms with Gasteiger partial charge in [0, 0.05) is 12.6 Å². The Morgan fingerprint density at radius 3 is 3.06 bits per heavy atom. The van der Waals surface area contributed by atoms with Crippen LogP contribution in [0, 0.1) is 0 Å². The van der Waals surface area contributed by atoms with E-state index in [0.717, 1.165) is 24.3 Å². The minimum absolute atomic E-state index is 0.263. The topological polar surface area (TPSA) is 30.5 Å². The summed E-state index contributed by atoms with van der Waals surface area (Å²) in [5.41, 5.74) is 1.14. The van der Waals surface area contributed by atoms with Crippen molar-refractivity contribution in [1.29, 1.82) is 0 Å². The van der Waals surface area contributed by atoms with E-state index >= 15 is 0 Å². The summed E-state index contributed by atoms with van der Waals surface area (Å²) in [5.74, 6) is 1.42. The van der Waals surface area contributed by atoms with Gasteiger partial charge in [0.1, 0.15) is 0 Å². The van der Waals surface area contributed by atoms with Gasteiger partial charge in [-0.15, -0.1) is 0 Å². The van der Waals surface area contributed by atoms with Crippen molar-refractivity contribution in [3.05, 3.63) is 34.9 Å². The van der Waals surface area contributed by atoms with Gasteiger partial charge < -0.3 is 14.8 Å². The molecule has 0 saturated carbocycles. The molecule has 0 radical (unpaired) electrons. The van der Waals surface area contributed by atoms with E-state index in [4.69, 9.17) is 21.1 Å². The zero-order chi connectivity index (χ0) is 12.4. The zero-order valence-corrected chi connectivity index (χ0v) is 10.9. The molecule has 18 heavy (non-hydrogen) atoms. The number of benzene rings is 1. The molecule has 0 fully saturated rings. The molecule has 1 heterocycles. The third-order valence-electron chi connectivity index (χ3n) is 3.35. The van der Waals surface area contributed by atoms with Gasteiger partial charge in [-0.2, -0.15) is 0 Å². The summed E-state index contributed by atoms with van der Waals surface area (Å²) < 4.78 is 10.7. The molecule has 0 spiro atoms. The molecule has 1 N–H and O–H groups in total. The van der Waals surface area contributed by atoms with E-state index in [9.17, 15) is 0 Å². The van der Waals surface area contributed by atoms with Gasteiger partial charge in [0.15, 0.2) is 11.5 Å². The van der Waals surface area contributed by atoms with Gasteiger partial charge in [-0.1, -0.05) is 23.8 Å². The van der Waals surface area contributed by atoms with E-state index in [2.05, 4.69) is 17.5 Å². The average Bonchev–Trinajstić information content (AvgIpc) is 2.86. The molecule has 3 nitrogen and oxygen atoms in total. The third kappa shape index (κ3) is 2.47. The van der Waals surface area contributed by atoms with Crippen molar-refractivity contribution >= 4 is 11.6 Å². The van der Waals surface area contributed by atoms with Crippen LogP contribution < -0.4 is 14.8 Å². The minimum atomic E-state index is 0.263. The van der Waals surface area contributed by atoms with Crippen LogP contribution in [-0.4, -0.2) is 12.8 Å². The molecule has 0 amide bonds. The number of rotatable bonds is 3. The Labute approximate surface area is 112 Å². The molecule has 3 rings (SSSR count). The molecule has 0 saturated heterocycles. The minimum Gasteiger partial charge on any atom is -0.454 e. The number of fused-ring (bicyclic) bond motifs is 1. The average molecular weight is 266 g/mol. The molecule has 96 valence electrons. The highest BCUT2D eigenvalue weighted by atomic mass is 35.5. The van der Waals surface area contributed by atoms with Crippen molar-refractivity contribution in [3.63, 3.8) is 0 Å². The Morgan fingerprint density at radius 1 is 1.28 bits per heavy atom. The Hall–Kier alpha value is -1.19. The highest BCUT2D eigenvalue weighted by Crippen LogP contribution is 2.39. The third-order valence-corrected chi connectivity index (χ3v) is 3.63. The van der Waals surface area contributed by atoms with Crippen molar-refractivity contribution in [2.24, 2.45) is 0 Å². The Balaban J connectivity index is 1.66. The summed E-state index contributed by atoms with van der Waals surface area (Å²) in [5, 5.41) is 4.18. The van der Waals surface area contributed by atoms with E-state index < -0.39 is 0 Å². The van der Waals surface area contributed by atoms with Crippen LogP contribution in [0.25, 0.3) is 0 Å². The van der Waals surface area contributed by atoms with E-state index in [0.29, 0.717) is 16.8 Å². The molecule has 1 aliphatic carbocycles. The van der Waals surface area contributed by atoms with Crippen LogP contribution in [0.4, 0.5) is 0 Å². The first-order valence-electron chi connectivity index (χ1n) is 6.29. The summed E-state index contributed by atoms with van der Waals surface area (Å²) >= 11 is 6.15. The summed E-state index contributed by atoms with van der Waals surface area (Å²) in [6, 6.07) is 4.51. The Kier molecular flexibility index (Phi) is 3.43. The van der Waals surface area contributed by atoms with Crippen molar-refractivity contribution < 1.29 is 9.47 Å². The van der Waals surface area contributed by atoms with Crippen LogP contribution >= 0.6 is 11.6 Å². The van der Waals surface area contributed by atoms with E-state index in [1.54, 1.807) is 0 Å². The normalized spacial score (nSPS) is 21.3. The molecule has 1 unspecified atom stereocenters. The molecule has 1 aromatic carbocycles. The molecule has 1 aromatic rings. The highest BCUT2D eigenvalue weighted by molar-refractivity contribution is 6.32. The maximum atomic E-state index is 6.15. The predicted octanol–water partition coefficient (Wildman–Crippen LogP) is 3.27. The second-order valence-corrected chi connectivity index (χ2v) is 5.08. The summed E-state index contributed by atoms with van der Waals surface area (Å²) in [4.78, 5) is 0. The Bertz CT molecular complexity index is 473. The van der Waals surface area contributed by atoms with Gasteiger partial charge in [0.25, 0.3) is 0 Å². The zero-order valence-electron chi connectivity index (χ0n) is 10.1. The SMILES string of the molecule is Clc1cc(CNC2CC=CCC2)cc2c1OCO2. The highest BCUT2D eigenvalue weighted by Gasteiger charge is 2.18. The lowest BCUT2D eigenvalue weighted by atomic mass is 10.0. The Morgan fingerprint density at radius 2 is 2.22 bits per heavy atom. The maximum absolute atomic E-state index is 6.15. The van der Waals surface area contributed by atoms with Gasteiger partial charge >= 0.3 is 0 Å². The fraction of sp³-hybridized carbons (Fsp3) is 0.429. The van der Waals surface area contributed by atoms with Crippen molar-refractivity contribution in [2.45, 2.75) is 31.8 Å². The number of halogens is 1. The largest absolute Gasteiger partial charge is 0.454 e. The van der Waals surface area contributed by atoms with E-state index in [1.807, 2.05) is 12.1 Å². The molecule has 0 aromatic heterocycles. The molecular formula is C14H16ClNO2. The van der Waals surface area contributed by atoms with Gasteiger partial charge in [0.05, 0.1) is 5.02 Å². The number of ether oxygens (including phenoxy) is 2. The first-order valence-corrected chi connectivity index (χ1v) is 6.67. The van der Waals surface area contributed by atoms with E-state index in [1.165, 1.54) is 12.8 Å². The molecule has 4 heteroatoms. The lowest BCUT2D eigenvalue weighted by molar-refractivity contribution is 0.174. The van der Waals surface area contributed by atoms with Gasteiger partial charge in [0.2, 0.25) is 6.79 Å². The van der Waals surface area contributed by atoms with Crippen LogP contribution in [0.15, 0.2) is 24.3 Å². The fourth-order valence-electron chi connectivity index (χ4n) is 2.36. The van der Waals surface area contributed by atoms with Crippen LogP contribution in [0.5, 0.6) is 11.5 Å². The van der Waals surface area contributed by atoms with Crippen molar-refractivity contribution in [3.8, 4) is 11.5 Å². The maximum Gasteiger partial charge on any atom is 0.231 e. The van der Waals surface area contributed by atoms with Crippen molar-refractivity contribution in [1.82, 2.24) is 5.32 Å². The lowest BCUT2D eigenvalue weighted by Crippen LogP contribution is -2.29. The summed E-state index contributed by atoms with van der Waals surface area (Å²) in [7, 11) is 0. The number of nitrogens with one attached hydrogen (secondary N) is 1. The summed E-state index contributed by atoms with van der Waals surface area (Å²) in [6.45, 7) is 1.08.